The van der Waals surface area contributed by atoms with E-state index < -0.39 is 0 Å². The standard InChI is InChI=1S/C11H18ClNO/c1-7(6-12)13-11(14)10-8-4-2-3-5-9(8)10/h7-10H,2-6H2,1H3,(H,13,14). The molecule has 3 atom stereocenters. The Hall–Kier alpha value is -0.240. The van der Waals surface area contributed by atoms with E-state index in [0.717, 1.165) is 0 Å². The van der Waals surface area contributed by atoms with Crippen molar-refractivity contribution < 1.29 is 4.79 Å². The molecule has 2 fully saturated rings. The molecule has 2 nitrogen and oxygen atoms in total. The number of halogens is 1. The average molecular weight is 216 g/mol. The van der Waals surface area contributed by atoms with E-state index >= 15 is 0 Å². The molecule has 1 amide bonds. The fraction of sp³-hybridized carbons (Fsp3) is 0.909. The van der Waals surface area contributed by atoms with Crippen LogP contribution in [0, 0.1) is 17.8 Å². The van der Waals surface area contributed by atoms with Crippen molar-refractivity contribution in [1.29, 1.82) is 0 Å². The minimum absolute atomic E-state index is 0.117. The Labute approximate surface area is 90.4 Å². The number of carbonyl (C=O) groups excluding carboxylic acids is 1. The van der Waals surface area contributed by atoms with Crippen LogP contribution in [0.15, 0.2) is 0 Å². The third kappa shape index (κ3) is 1.90. The minimum atomic E-state index is 0.117. The molecule has 0 aliphatic heterocycles. The average Bonchev–Trinajstić information content (AvgIpc) is 2.91. The van der Waals surface area contributed by atoms with Crippen molar-refractivity contribution in [2.24, 2.45) is 17.8 Å². The number of carbonyl (C=O) groups is 1. The summed E-state index contributed by atoms with van der Waals surface area (Å²) in [5.74, 6) is 2.48. The Morgan fingerprint density at radius 3 is 2.50 bits per heavy atom. The second kappa shape index (κ2) is 4.09. The molecule has 2 saturated carbocycles. The molecule has 2 aliphatic carbocycles. The van der Waals surface area contributed by atoms with Crippen LogP contribution in [0.25, 0.3) is 0 Å². The van der Waals surface area contributed by atoms with Crippen LogP contribution in [0.3, 0.4) is 0 Å². The zero-order valence-electron chi connectivity index (χ0n) is 8.63. The first-order chi connectivity index (χ1) is 6.74. The fourth-order valence-corrected chi connectivity index (χ4v) is 2.84. The first-order valence-electron chi connectivity index (χ1n) is 5.60. The van der Waals surface area contributed by atoms with Gasteiger partial charge in [0, 0.05) is 17.8 Å². The largest absolute Gasteiger partial charge is 0.352 e. The molecule has 0 heterocycles. The number of fused-ring (bicyclic) bond motifs is 1. The van der Waals surface area contributed by atoms with E-state index in [1.165, 1.54) is 25.7 Å². The molecule has 0 bridgehead atoms. The van der Waals surface area contributed by atoms with Crippen molar-refractivity contribution in [2.75, 3.05) is 5.88 Å². The number of nitrogens with one attached hydrogen (secondary N) is 1. The normalized spacial score (nSPS) is 37.1. The van der Waals surface area contributed by atoms with Gasteiger partial charge in [-0.15, -0.1) is 11.6 Å². The van der Waals surface area contributed by atoms with E-state index in [4.69, 9.17) is 11.6 Å². The highest BCUT2D eigenvalue weighted by atomic mass is 35.5. The van der Waals surface area contributed by atoms with Gasteiger partial charge in [0.15, 0.2) is 0 Å². The van der Waals surface area contributed by atoms with Gasteiger partial charge in [-0.05, 0) is 31.6 Å². The van der Waals surface area contributed by atoms with Crippen LogP contribution < -0.4 is 5.32 Å². The molecular weight excluding hydrogens is 198 g/mol. The highest BCUT2D eigenvalue weighted by Gasteiger charge is 2.54. The highest BCUT2D eigenvalue weighted by Crippen LogP contribution is 2.55. The lowest BCUT2D eigenvalue weighted by Gasteiger charge is -2.09. The summed E-state index contributed by atoms with van der Waals surface area (Å²) < 4.78 is 0. The highest BCUT2D eigenvalue weighted by molar-refractivity contribution is 6.18. The molecule has 2 rings (SSSR count). The van der Waals surface area contributed by atoms with Crippen LogP contribution in [0.4, 0.5) is 0 Å². The van der Waals surface area contributed by atoms with Gasteiger partial charge in [-0.1, -0.05) is 12.8 Å². The third-order valence-corrected chi connectivity index (χ3v) is 4.04. The van der Waals surface area contributed by atoms with Crippen LogP contribution >= 0.6 is 11.6 Å². The van der Waals surface area contributed by atoms with Gasteiger partial charge in [0.05, 0.1) is 0 Å². The second-order valence-corrected chi connectivity index (χ2v) is 5.01. The zero-order valence-corrected chi connectivity index (χ0v) is 9.39. The Morgan fingerprint density at radius 2 is 2.00 bits per heavy atom. The van der Waals surface area contributed by atoms with Gasteiger partial charge in [0.2, 0.25) is 5.91 Å². The van der Waals surface area contributed by atoms with Gasteiger partial charge in [-0.25, -0.2) is 0 Å². The molecule has 0 spiro atoms. The lowest BCUT2D eigenvalue weighted by molar-refractivity contribution is -0.123. The van der Waals surface area contributed by atoms with Crippen molar-refractivity contribution in [3.63, 3.8) is 0 Å². The first-order valence-corrected chi connectivity index (χ1v) is 6.14. The Kier molecular flexibility index (Phi) is 3.01. The Morgan fingerprint density at radius 1 is 1.43 bits per heavy atom. The van der Waals surface area contributed by atoms with E-state index in [9.17, 15) is 4.79 Å². The van der Waals surface area contributed by atoms with Gasteiger partial charge < -0.3 is 5.32 Å². The predicted molar refractivity (Wildman–Crippen MR) is 57.3 cm³/mol. The number of hydrogen-bond acceptors (Lipinski definition) is 1. The van der Waals surface area contributed by atoms with Gasteiger partial charge in [0.1, 0.15) is 0 Å². The number of alkyl halides is 1. The minimum Gasteiger partial charge on any atom is -0.352 e. The molecule has 3 heteroatoms. The van der Waals surface area contributed by atoms with Crippen molar-refractivity contribution in [3.8, 4) is 0 Å². The van der Waals surface area contributed by atoms with Gasteiger partial charge in [-0.2, -0.15) is 0 Å². The molecule has 14 heavy (non-hydrogen) atoms. The maximum absolute atomic E-state index is 11.8. The summed E-state index contributed by atoms with van der Waals surface area (Å²) in [5.41, 5.74) is 0. The maximum Gasteiger partial charge on any atom is 0.223 e. The van der Waals surface area contributed by atoms with Crippen molar-refractivity contribution in [3.05, 3.63) is 0 Å². The van der Waals surface area contributed by atoms with Gasteiger partial charge in [0.25, 0.3) is 0 Å². The molecule has 0 aromatic carbocycles. The van der Waals surface area contributed by atoms with E-state index in [-0.39, 0.29) is 11.9 Å². The molecule has 0 aromatic heterocycles. The number of hydrogen-bond donors (Lipinski definition) is 1. The van der Waals surface area contributed by atoms with Crippen molar-refractivity contribution in [1.82, 2.24) is 5.32 Å². The van der Waals surface area contributed by atoms with E-state index in [2.05, 4.69) is 5.32 Å². The topological polar surface area (TPSA) is 29.1 Å². The van der Waals surface area contributed by atoms with Gasteiger partial charge in [-0.3, -0.25) is 4.79 Å². The van der Waals surface area contributed by atoms with Crippen LogP contribution in [0.1, 0.15) is 32.6 Å². The van der Waals surface area contributed by atoms with E-state index in [1.54, 1.807) is 0 Å². The lowest BCUT2D eigenvalue weighted by Crippen LogP contribution is -2.35. The zero-order chi connectivity index (χ0) is 10.1. The van der Waals surface area contributed by atoms with Crippen LogP contribution in [0.5, 0.6) is 0 Å². The molecule has 80 valence electrons. The molecule has 0 radical (unpaired) electrons. The summed E-state index contributed by atoms with van der Waals surface area (Å²) >= 11 is 5.66. The molecule has 2 aliphatic rings. The summed E-state index contributed by atoms with van der Waals surface area (Å²) in [6.07, 6.45) is 5.15. The summed E-state index contributed by atoms with van der Waals surface area (Å²) in [4.78, 5) is 11.8. The Balaban J connectivity index is 1.82. The molecule has 1 N–H and O–H groups in total. The first kappa shape index (κ1) is 10.3. The summed E-state index contributed by atoms with van der Waals surface area (Å²) in [7, 11) is 0. The number of rotatable bonds is 3. The summed E-state index contributed by atoms with van der Waals surface area (Å²) in [6.45, 7) is 1.96. The molecular formula is C11H18ClNO. The monoisotopic (exact) mass is 215 g/mol. The van der Waals surface area contributed by atoms with Crippen molar-refractivity contribution in [2.45, 2.75) is 38.6 Å². The van der Waals surface area contributed by atoms with Gasteiger partial charge >= 0.3 is 0 Å². The van der Waals surface area contributed by atoms with Crippen LogP contribution in [-0.4, -0.2) is 17.8 Å². The quantitative estimate of drug-likeness (QED) is 0.719. The SMILES string of the molecule is CC(CCl)NC(=O)C1C2CCCCC21. The summed E-state index contributed by atoms with van der Waals surface area (Å²) in [6, 6.07) is 0.117. The van der Waals surface area contributed by atoms with E-state index in [0.29, 0.717) is 23.6 Å². The van der Waals surface area contributed by atoms with Crippen LogP contribution in [-0.2, 0) is 4.79 Å². The van der Waals surface area contributed by atoms with E-state index in [1.807, 2.05) is 6.92 Å². The molecule has 0 aromatic rings. The Bertz CT molecular complexity index is 219. The fourth-order valence-electron chi connectivity index (χ4n) is 2.76. The van der Waals surface area contributed by atoms with Crippen LogP contribution in [0.2, 0.25) is 0 Å². The number of amides is 1. The second-order valence-electron chi connectivity index (χ2n) is 4.70. The third-order valence-electron chi connectivity index (χ3n) is 3.58. The maximum atomic E-state index is 11.8. The van der Waals surface area contributed by atoms with Crippen molar-refractivity contribution >= 4 is 17.5 Å². The molecule has 3 unspecified atom stereocenters. The predicted octanol–water partition coefficient (Wildman–Crippen LogP) is 2.17. The summed E-state index contributed by atoms with van der Waals surface area (Å²) in [5, 5.41) is 2.98. The smallest absolute Gasteiger partial charge is 0.223 e. The molecule has 0 saturated heterocycles. The lowest BCUT2D eigenvalue weighted by atomic mass is 10.0.